The lowest BCUT2D eigenvalue weighted by molar-refractivity contribution is -0.149. The number of nitrogens with zero attached hydrogens (tertiary/aromatic N) is 2. The van der Waals surface area contributed by atoms with Crippen molar-refractivity contribution in [2.24, 2.45) is 5.41 Å². The fourth-order valence-corrected chi connectivity index (χ4v) is 3.87. The number of hydrogen-bond acceptors (Lipinski definition) is 5. The number of fused-ring (bicyclic) bond motifs is 1. The molecule has 1 atom stereocenters. The molecule has 7 nitrogen and oxygen atoms in total. The molecular weight excluding hydrogens is 444 g/mol. The van der Waals surface area contributed by atoms with Gasteiger partial charge in [0.2, 0.25) is 11.8 Å². The van der Waals surface area contributed by atoms with Crippen LogP contribution >= 0.6 is 0 Å². The molecule has 0 saturated carbocycles. The lowest BCUT2D eigenvalue weighted by Crippen LogP contribution is -2.42. The molecule has 0 fully saturated rings. The Morgan fingerprint density at radius 2 is 2.06 bits per heavy atom. The molecule has 1 unspecified atom stereocenters. The van der Waals surface area contributed by atoms with Crippen molar-refractivity contribution in [1.29, 1.82) is 0 Å². The Kier molecular flexibility index (Phi) is 8.33. The van der Waals surface area contributed by atoms with Crippen molar-refractivity contribution in [1.82, 2.24) is 9.88 Å². The number of hydrogen-bond donors (Lipinski definition) is 1. The van der Waals surface area contributed by atoms with Gasteiger partial charge in [-0.15, -0.1) is 0 Å². The summed E-state index contributed by atoms with van der Waals surface area (Å²) < 4.78 is 11.7. The topological polar surface area (TPSA) is 92.9 Å². The Labute approximate surface area is 206 Å². The zero-order valence-electron chi connectivity index (χ0n) is 21.1. The molecule has 1 aliphatic heterocycles. The molecule has 2 aromatic rings. The van der Waals surface area contributed by atoms with Crippen molar-refractivity contribution in [3.63, 3.8) is 0 Å². The zero-order chi connectivity index (χ0) is 25.6. The van der Waals surface area contributed by atoms with Crippen molar-refractivity contribution in [3.8, 4) is 5.75 Å². The minimum Gasteiger partial charge on any atom is -0.493 e. The fraction of sp³-hybridized carbons (Fsp3) is 0.393. The highest BCUT2D eigenvalue weighted by atomic mass is 16.5. The van der Waals surface area contributed by atoms with Crippen LogP contribution in [0.4, 0.5) is 0 Å². The molecule has 0 aliphatic carbocycles. The standard InChI is InChI=1S/C28H34N2O5/c1-6-7-8-9-25(31)30-16-13-20-10-11-21(18-22(20)26(30)27(32)33)34-17-14-23-19(2)35-24(29-23)12-15-28(3,4)5/h6-12,15,18,26H,13-14,16-17H2,1-5H3,(H,32,33). The summed E-state index contributed by atoms with van der Waals surface area (Å²) in [4.78, 5) is 30.7. The van der Waals surface area contributed by atoms with Crippen LogP contribution in [-0.2, 0) is 22.4 Å². The van der Waals surface area contributed by atoms with Crippen LogP contribution in [0.2, 0.25) is 0 Å². The van der Waals surface area contributed by atoms with E-state index in [2.05, 4.69) is 31.8 Å². The van der Waals surface area contributed by atoms with Gasteiger partial charge < -0.3 is 19.2 Å². The largest absolute Gasteiger partial charge is 0.493 e. The van der Waals surface area contributed by atoms with E-state index in [1.54, 1.807) is 24.3 Å². The van der Waals surface area contributed by atoms with Crippen LogP contribution < -0.4 is 4.74 Å². The number of carbonyl (C=O) groups excluding carboxylic acids is 1. The monoisotopic (exact) mass is 478 g/mol. The van der Waals surface area contributed by atoms with E-state index in [0.29, 0.717) is 43.2 Å². The molecule has 2 heterocycles. The lowest BCUT2D eigenvalue weighted by atomic mass is 9.92. The van der Waals surface area contributed by atoms with Crippen molar-refractivity contribution >= 4 is 18.0 Å². The first-order chi connectivity index (χ1) is 16.6. The van der Waals surface area contributed by atoms with E-state index in [4.69, 9.17) is 9.15 Å². The SMILES string of the molecule is CC=CC=CC(=O)N1CCc2ccc(OCCc3nc(C=CC(C)(C)C)oc3C)cc2C1C(=O)O. The van der Waals surface area contributed by atoms with Crippen molar-refractivity contribution < 1.29 is 23.8 Å². The maximum Gasteiger partial charge on any atom is 0.331 e. The van der Waals surface area contributed by atoms with Gasteiger partial charge in [-0.25, -0.2) is 9.78 Å². The minimum absolute atomic E-state index is 0.0367. The molecule has 0 saturated heterocycles. The van der Waals surface area contributed by atoms with Gasteiger partial charge in [0, 0.05) is 19.0 Å². The Hall–Kier alpha value is -3.61. The normalized spacial score (nSPS) is 16.4. The molecule has 1 amide bonds. The third kappa shape index (κ3) is 6.94. The van der Waals surface area contributed by atoms with Gasteiger partial charge in [0.25, 0.3) is 0 Å². The maximum atomic E-state index is 12.6. The van der Waals surface area contributed by atoms with Crippen LogP contribution in [-0.4, -0.2) is 40.0 Å². The van der Waals surface area contributed by atoms with Crippen LogP contribution in [0.5, 0.6) is 5.75 Å². The highest BCUT2D eigenvalue weighted by Gasteiger charge is 2.35. The van der Waals surface area contributed by atoms with Crippen LogP contribution in [0, 0.1) is 12.3 Å². The number of ether oxygens (including phenoxy) is 1. The highest BCUT2D eigenvalue weighted by molar-refractivity contribution is 5.92. The van der Waals surface area contributed by atoms with Gasteiger partial charge >= 0.3 is 5.97 Å². The molecule has 1 aliphatic rings. The number of oxazole rings is 1. The van der Waals surface area contributed by atoms with E-state index in [9.17, 15) is 14.7 Å². The van der Waals surface area contributed by atoms with E-state index < -0.39 is 12.0 Å². The van der Waals surface area contributed by atoms with Crippen molar-refractivity contribution in [3.05, 3.63) is 77.1 Å². The van der Waals surface area contributed by atoms with Crippen LogP contribution in [0.15, 0.2) is 53.0 Å². The zero-order valence-corrected chi connectivity index (χ0v) is 21.1. The van der Waals surface area contributed by atoms with Crippen LogP contribution in [0.3, 0.4) is 0 Å². The number of carbonyl (C=O) groups is 2. The second-order valence-corrected chi connectivity index (χ2v) is 9.62. The molecule has 1 aromatic carbocycles. The van der Waals surface area contributed by atoms with Crippen molar-refractivity contribution in [2.75, 3.05) is 13.2 Å². The molecule has 35 heavy (non-hydrogen) atoms. The second-order valence-electron chi connectivity index (χ2n) is 9.62. The van der Waals surface area contributed by atoms with Gasteiger partial charge in [0.1, 0.15) is 11.5 Å². The second kappa shape index (κ2) is 11.2. The van der Waals surface area contributed by atoms with E-state index in [1.807, 2.05) is 32.1 Å². The van der Waals surface area contributed by atoms with E-state index in [-0.39, 0.29) is 11.3 Å². The predicted molar refractivity (Wildman–Crippen MR) is 135 cm³/mol. The number of carboxylic acids is 1. The Morgan fingerprint density at radius 1 is 1.29 bits per heavy atom. The molecular formula is C28H34N2O5. The molecule has 0 spiro atoms. The molecule has 186 valence electrons. The van der Waals surface area contributed by atoms with E-state index in [1.165, 1.54) is 11.0 Å². The van der Waals surface area contributed by atoms with Crippen LogP contribution in [0.25, 0.3) is 6.08 Å². The summed E-state index contributed by atoms with van der Waals surface area (Å²) in [5.41, 5.74) is 2.36. The number of aliphatic carboxylic acids is 1. The molecule has 1 aromatic heterocycles. The van der Waals surface area contributed by atoms with Gasteiger partial charge in [-0.3, -0.25) is 4.79 Å². The predicted octanol–water partition coefficient (Wildman–Crippen LogP) is 5.31. The quantitative estimate of drug-likeness (QED) is 0.408. The van der Waals surface area contributed by atoms with Gasteiger partial charge in [-0.05, 0) is 55.0 Å². The third-order valence-corrected chi connectivity index (χ3v) is 5.65. The third-order valence-electron chi connectivity index (χ3n) is 5.65. The summed E-state index contributed by atoms with van der Waals surface area (Å²) in [6.45, 7) is 10.8. The lowest BCUT2D eigenvalue weighted by Gasteiger charge is -2.34. The molecule has 0 bridgehead atoms. The summed E-state index contributed by atoms with van der Waals surface area (Å²) in [5.74, 6) is 0.482. The molecule has 0 radical (unpaired) electrons. The molecule has 3 rings (SSSR count). The summed E-state index contributed by atoms with van der Waals surface area (Å²) in [6.07, 6.45) is 11.6. The smallest absolute Gasteiger partial charge is 0.331 e. The average molecular weight is 479 g/mol. The minimum atomic E-state index is -1.06. The molecule has 1 N–H and O–H groups in total. The Morgan fingerprint density at radius 3 is 2.74 bits per heavy atom. The Balaban J connectivity index is 1.71. The molecule has 7 heteroatoms. The van der Waals surface area contributed by atoms with Gasteiger partial charge in [-0.2, -0.15) is 0 Å². The average Bonchev–Trinajstić information content (AvgIpc) is 3.15. The number of benzene rings is 1. The van der Waals surface area contributed by atoms with Crippen LogP contribution in [0.1, 0.15) is 62.2 Å². The number of allylic oxidation sites excluding steroid dienone is 4. The maximum absolute atomic E-state index is 12.6. The van der Waals surface area contributed by atoms with Gasteiger partial charge in [-0.1, -0.05) is 51.1 Å². The first-order valence-electron chi connectivity index (χ1n) is 11.8. The summed E-state index contributed by atoms with van der Waals surface area (Å²) in [5, 5.41) is 9.92. The number of aromatic nitrogens is 1. The number of aryl methyl sites for hydroxylation is 1. The summed E-state index contributed by atoms with van der Waals surface area (Å²) >= 11 is 0. The fourth-order valence-electron chi connectivity index (χ4n) is 3.87. The Bertz CT molecular complexity index is 1150. The number of rotatable bonds is 8. The number of carboxylic acid groups (broad SMARTS) is 1. The van der Waals surface area contributed by atoms with Gasteiger partial charge in [0.05, 0.1) is 12.3 Å². The highest BCUT2D eigenvalue weighted by Crippen LogP contribution is 2.33. The first kappa shape index (κ1) is 26.0. The summed E-state index contributed by atoms with van der Waals surface area (Å²) in [7, 11) is 0. The van der Waals surface area contributed by atoms with Gasteiger partial charge in [0.15, 0.2) is 6.04 Å². The van der Waals surface area contributed by atoms with E-state index in [0.717, 1.165) is 17.0 Å². The van der Waals surface area contributed by atoms with Crippen molar-refractivity contribution in [2.45, 2.75) is 53.5 Å². The first-order valence-corrected chi connectivity index (χ1v) is 11.8. The number of amides is 1. The summed E-state index contributed by atoms with van der Waals surface area (Å²) in [6, 6.07) is 4.40. The van der Waals surface area contributed by atoms with E-state index >= 15 is 0 Å².